The van der Waals surface area contributed by atoms with E-state index in [1.54, 1.807) is 0 Å². The first kappa shape index (κ1) is 13.0. The minimum absolute atomic E-state index is 0.0848. The number of halogens is 1. The van der Waals surface area contributed by atoms with Crippen LogP contribution in [0.3, 0.4) is 0 Å². The number of anilines is 1. The van der Waals surface area contributed by atoms with Gasteiger partial charge < -0.3 is 5.32 Å². The molecule has 1 heterocycles. The summed E-state index contributed by atoms with van der Waals surface area (Å²) < 4.78 is 0. The van der Waals surface area contributed by atoms with E-state index in [0.29, 0.717) is 29.3 Å². The topological polar surface area (TPSA) is 52.9 Å². The molecule has 1 aromatic rings. The van der Waals surface area contributed by atoms with Crippen molar-refractivity contribution in [3.8, 4) is 6.07 Å². The van der Waals surface area contributed by atoms with Crippen molar-refractivity contribution in [1.82, 2.24) is 0 Å². The number of hydrogen-bond donors (Lipinski definition) is 1. The van der Waals surface area contributed by atoms with Crippen molar-refractivity contribution in [3.63, 3.8) is 0 Å². The molecular formula is C11H13ClN2OS. The number of nitrogens with one attached hydrogen (secondary N) is 1. The van der Waals surface area contributed by atoms with Crippen LogP contribution in [-0.4, -0.2) is 11.8 Å². The molecule has 0 bridgehead atoms. The van der Waals surface area contributed by atoms with Gasteiger partial charge >= 0.3 is 0 Å². The Morgan fingerprint density at radius 1 is 1.56 bits per heavy atom. The largest absolute Gasteiger partial charge is 0.317 e. The van der Waals surface area contributed by atoms with Gasteiger partial charge in [-0.25, -0.2) is 0 Å². The Morgan fingerprint density at radius 3 is 2.81 bits per heavy atom. The highest BCUT2D eigenvalue weighted by atomic mass is 35.5. The predicted molar refractivity (Wildman–Crippen MR) is 67.1 cm³/mol. The number of carbonyl (C=O) groups is 1. The molecule has 0 spiro atoms. The van der Waals surface area contributed by atoms with Crippen LogP contribution < -0.4 is 5.32 Å². The molecule has 0 atom stereocenters. The van der Waals surface area contributed by atoms with E-state index in [2.05, 4.69) is 11.4 Å². The van der Waals surface area contributed by atoms with Gasteiger partial charge in [-0.1, -0.05) is 0 Å². The molecule has 1 rings (SSSR count). The lowest BCUT2D eigenvalue weighted by Gasteiger charge is -2.01. The van der Waals surface area contributed by atoms with Crippen molar-refractivity contribution in [2.75, 3.05) is 11.2 Å². The summed E-state index contributed by atoms with van der Waals surface area (Å²) in [4.78, 5) is 12.5. The number of thiophene rings is 1. The zero-order chi connectivity index (χ0) is 12.1. The molecule has 1 N–H and O–H groups in total. The van der Waals surface area contributed by atoms with Gasteiger partial charge in [0.05, 0.1) is 5.56 Å². The summed E-state index contributed by atoms with van der Waals surface area (Å²) in [6.07, 6.45) is 1.04. The van der Waals surface area contributed by atoms with Gasteiger partial charge in [0.15, 0.2) is 0 Å². The lowest BCUT2D eigenvalue weighted by Crippen LogP contribution is -2.11. The quantitative estimate of drug-likeness (QED) is 0.841. The molecule has 3 nitrogen and oxygen atoms in total. The molecule has 86 valence electrons. The number of aryl methyl sites for hydroxylation is 1. The van der Waals surface area contributed by atoms with E-state index in [0.717, 1.165) is 10.4 Å². The number of alkyl halides is 1. The van der Waals surface area contributed by atoms with E-state index in [1.165, 1.54) is 11.3 Å². The molecule has 0 aromatic carbocycles. The minimum atomic E-state index is -0.0848. The van der Waals surface area contributed by atoms with Crippen LogP contribution in [0.2, 0.25) is 0 Å². The second kappa shape index (κ2) is 5.88. The Hall–Kier alpha value is -1.05. The molecule has 1 amide bonds. The van der Waals surface area contributed by atoms with Crippen molar-refractivity contribution in [2.45, 2.75) is 26.7 Å². The Kier molecular flexibility index (Phi) is 4.78. The number of carbonyl (C=O) groups excluding carboxylic acids is 1. The smallest absolute Gasteiger partial charge is 0.225 e. The lowest BCUT2D eigenvalue weighted by atomic mass is 10.2. The minimum Gasteiger partial charge on any atom is -0.317 e. The van der Waals surface area contributed by atoms with Crippen molar-refractivity contribution in [3.05, 3.63) is 16.0 Å². The molecule has 16 heavy (non-hydrogen) atoms. The first-order valence-electron chi connectivity index (χ1n) is 4.96. The van der Waals surface area contributed by atoms with Gasteiger partial charge in [0.25, 0.3) is 0 Å². The summed E-state index contributed by atoms with van der Waals surface area (Å²) in [6.45, 7) is 3.83. The molecule has 1 aromatic heterocycles. The van der Waals surface area contributed by atoms with Gasteiger partial charge in [-0.05, 0) is 25.8 Å². The summed E-state index contributed by atoms with van der Waals surface area (Å²) in [5, 5.41) is 12.4. The zero-order valence-corrected chi connectivity index (χ0v) is 10.8. The van der Waals surface area contributed by atoms with Gasteiger partial charge in [-0.2, -0.15) is 5.26 Å². The van der Waals surface area contributed by atoms with Crippen LogP contribution in [-0.2, 0) is 4.79 Å². The maximum atomic E-state index is 11.5. The lowest BCUT2D eigenvalue weighted by molar-refractivity contribution is -0.116. The average Bonchev–Trinajstić information content (AvgIpc) is 2.51. The number of nitriles is 1. The normalized spacial score (nSPS) is 9.88. The highest BCUT2D eigenvalue weighted by molar-refractivity contribution is 7.16. The molecule has 0 fully saturated rings. The summed E-state index contributed by atoms with van der Waals surface area (Å²) in [7, 11) is 0. The molecule has 5 heteroatoms. The molecule has 0 aliphatic carbocycles. The monoisotopic (exact) mass is 256 g/mol. The van der Waals surface area contributed by atoms with Crippen molar-refractivity contribution < 1.29 is 4.79 Å². The van der Waals surface area contributed by atoms with Crippen LogP contribution in [0.4, 0.5) is 5.00 Å². The summed E-state index contributed by atoms with van der Waals surface area (Å²) in [5.74, 6) is 0.388. The van der Waals surface area contributed by atoms with Gasteiger partial charge in [-0.3, -0.25) is 4.79 Å². The van der Waals surface area contributed by atoms with Crippen LogP contribution in [0, 0.1) is 25.2 Å². The van der Waals surface area contributed by atoms with E-state index in [-0.39, 0.29) is 5.91 Å². The summed E-state index contributed by atoms with van der Waals surface area (Å²) in [5.41, 5.74) is 1.52. The Bertz CT molecular complexity index is 434. The molecule has 0 aliphatic heterocycles. The third-order valence-corrected chi connectivity index (χ3v) is 3.68. The van der Waals surface area contributed by atoms with Crippen LogP contribution in [0.15, 0.2) is 0 Å². The highest BCUT2D eigenvalue weighted by Gasteiger charge is 2.13. The maximum absolute atomic E-state index is 11.5. The first-order valence-corrected chi connectivity index (χ1v) is 6.31. The number of nitrogens with zero attached hydrogens (tertiary/aromatic N) is 1. The molecule has 0 aliphatic rings. The van der Waals surface area contributed by atoms with Gasteiger partial charge in [0, 0.05) is 17.2 Å². The Balaban J connectivity index is 2.78. The van der Waals surface area contributed by atoms with Crippen LogP contribution in [0.5, 0.6) is 0 Å². The SMILES string of the molecule is Cc1sc(NC(=O)CCCCl)c(C#N)c1C. The average molecular weight is 257 g/mol. The third-order valence-electron chi connectivity index (χ3n) is 2.29. The van der Waals surface area contributed by atoms with E-state index in [1.807, 2.05) is 13.8 Å². The summed E-state index contributed by atoms with van der Waals surface area (Å²) in [6, 6.07) is 2.12. The Morgan fingerprint density at radius 2 is 2.25 bits per heavy atom. The highest BCUT2D eigenvalue weighted by Crippen LogP contribution is 2.31. The first-order chi connectivity index (χ1) is 7.60. The fraction of sp³-hybridized carbons (Fsp3) is 0.455. The van der Waals surface area contributed by atoms with Crippen molar-refractivity contribution >= 4 is 33.8 Å². The standard InChI is InChI=1S/C11H13ClN2OS/c1-7-8(2)16-11(9(7)6-13)14-10(15)4-3-5-12/h3-5H2,1-2H3,(H,14,15). The zero-order valence-electron chi connectivity index (χ0n) is 9.26. The fourth-order valence-electron chi connectivity index (χ4n) is 1.27. The van der Waals surface area contributed by atoms with E-state index in [9.17, 15) is 4.79 Å². The van der Waals surface area contributed by atoms with Gasteiger partial charge in [0.1, 0.15) is 11.1 Å². The fourth-order valence-corrected chi connectivity index (χ4v) is 2.43. The number of amides is 1. The third kappa shape index (κ3) is 2.97. The van der Waals surface area contributed by atoms with E-state index < -0.39 is 0 Å². The van der Waals surface area contributed by atoms with Crippen LogP contribution in [0.25, 0.3) is 0 Å². The maximum Gasteiger partial charge on any atom is 0.225 e. The van der Waals surface area contributed by atoms with Crippen LogP contribution >= 0.6 is 22.9 Å². The van der Waals surface area contributed by atoms with Crippen LogP contribution in [0.1, 0.15) is 28.8 Å². The van der Waals surface area contributed by atoms with Crippen molar-refractivity contribution in [1.29, 1.82) is 5.26 Å². The van der Waals surface area contributed by atoms with Crippen molar-refractivity contribution in [2.24, 2.45) is 0 Å². The number of hydrogen-bond acceptors (Lipinski definition) is 3. The van der Waals surface area contributed by atoms with E-state index in [4.69, 9.17) is 16.9 Å². The van der Waals surface area contributed by atoms with Gasteiger partial charge in [0.2, 0.25) is 5.91 Å². The number of rotatable bonds is 4. The molecule has 0 unspecified atom stereocenters. The van der Waals surface area contributed by atoms with E-state index >= 15 is 0 Å². The second-order valence-corrected chi connectivity index (χ2v) is 5.04. The molecule has 0 saturated heterocycles. The Labute approximate surface area is 104 Å². The molecule has 0 radical (unpaired) electrons. The summed E-state index contributed by atoms with van der Waals surface area (Å²) >= 11 is 6.95. The van der Waals surface area contributed by atoms with Gasteiger partial charge in [-0.15, -0.1) is 22.9 Å². The predicted octanol–water partition coefficient (Wildman–Crippen LogP) is 3.19. The molecule has 0 saturated carbocycles. The second-order valence-electron chi connectivity index (χ2n) is 3.44. The molecular weight excluding hydrogens is 244 g/mol.